The Labute approximate surface area is 201 Å². The number of carbonyl (C=O) groups is 2. The molecule has 2 aromatic rings. The van der Waals surface area contributed by atoms with Crippen molar-refractivity contribution in [2.45, 2.75) is 60.6 Å². The number of ether oxygens (including phenoxy) is 1. The molecule has 176 valence electrons. The van der Waals surface area contributed by atoms with Crippen molar-refractivity contribution >= 4 is 45.9 Å². The van der Waals surface area contributed by atoms with Gasteiger partial charge in [-0.25, -0.2) is 4.79 Å². The van der Waals surface area contributed by atoms with Gasteiger partial charge in [0.15, 0.2) is 4.34 Å². The fraction of sp³-hybridized carbons (Fsp3) is 0.565. The quantitative estimate of drug-likeness (QED) is 0.492. The number of thioether (sulfide) groups is 1. The van der Waals surface area contributed by atoms with Crippen LogP contribution in [0, 0.1) is 17.8 Å². The van der Waals surface area contributed by atoms with Gasteiger partial charge < -0.3 is 15.4 Å². The molecular weight excluding hydrogens is 458 g/mol. The van der Waals surface area contributed by atoms with E-state index in [9.17, 15) is 9.59 Å². The van der Waals surface area contributed by atoms with Crippen LogP contribution in [-0.2, 0) is 4.79 Å². The van der Waals surface area contributed by atoms with Crippen molar-refractivity contribution in [2.75, 3.05) is 12.4 Å². The van der Waals surface area contributed by atoms with E-state index in [-0.39, 0.29) is 17.5 Å². The smallest absolute Gasteiger partial charge is 0.321 e. The largest absolute Gasteiger partial charge is 0.495 e. The van der Waals surface area contributed by atoms with Crippen LogP contribution in [0.5, 0.6) is 5.75 Å². The molecule has 6 rings (SSSR count). The third-order valence-electron chi connectivity index (χ3n) is 7.06. The number of urea groups is 1. The fourth-order valence-corrected chi connectivity index (χ4v) is 8.03. The highest BCUT2D eigenvalue weighted by Crippen LogP contribution is 2.55. The van der Waals surface area contributed by atoms with Gasteiger partial charge in [-0.3, -0.25) is 10.1 Å². The van der Waals surface area contributed by atoms with Crippen LogP contribution in [-0.4, -0.2) is 40.0 Å². The monoisotopic (exact) mass is 487 g/mol. The zero-order valence-electron chi connectivity index (χ0n) is 18.8. The van der Waals surface area contributed by atoms with E-state index >= 15 is 0 Å². The predicted molar refractivity (Wildman–Crippen MR) is 129 cm³/mol. The first-order valence-corrected chi connectivity index (χ1v) is 13.1. The van der Waals surface area contributed by atoms with Gasteiger partial charge in [-0.2, -0.15) is 0 Å². The summed E-state index contributed by atoms with van der Waals surface area (Å²) in [6, 6.07) is 7.18. The van der Waals surface area contributed by atoms with Gasteiger partial charge in [0, 0.05) is 5.54 Å². The minimum atomic E-state index is -0.473. The summed E-state index contributed by atoms with van der Waals surface area (Å²) in [5.74, 6) is 2.59. The Hall–Kier alpha value is -2.33. The van der Waals surface area contributed by atoms with Gasteiger partial charge in [0.25, 0.3) is 0 Å². The van der Waals surface area contributed by atoms with Crippen LogP contribution >= 0.6 is 23.1 Å². The van der Waals surface area contributed by atoms with E-state index in [2.05, 4.69) is 26.1 Å². The topological polar surface area (TPSA) is 105 Å². The van der Waals surface area contributed by atoms with Crippen LogP contribution in [0.3, 0.4) is 0 Å². The number of nitrogens with one attached hydrogen (secondary N) is 3. The van der Waals surface area contributed by atoms with Crippen LogP contribution in [0.15, 0.2) is 28.6 Å². The minimum Gasteiger partial charge on any atom is -0.495 e. The van der Waals surface area contributed by atoms with Gasteiger partial charge in [-0.05, 0) is 75.3 Å². The molecule has 3 amide bonds. The zero-order valence-corrected chi connectivity index (χ0v) is 20.4. The number of imide groups is 1. The Bertz CT molecular complexity index is 1010. The maximum atomic E-state index is 12.7. The summed E-state index contributed by atoms with van der Waals surface area (Å²) < 4.78 is 5.99. The Morgan fingerprint density at radius 2 is 1.79 bits per heavy atom. The number of carbonyl (C=O) groups excluding carboxylic acids is 2. The van der Waals surface area contributed by atoms with E-state index in [0.29, 0.717) is 15.2 Å². The first-order valence-electron chi connectivity index (χ1n) is 11.4. The summed E-state index contributed by atoms with van der Waals surface area (Å²) in [6.07, 6.45) is 7.09. The molecule has 4 bridgehead atoms. The number of aromatic nitrogens is 2. The van der Waals surface area contributed by atoms with E-state index in [4.69, 9.17) is 4.74 Å². The van der Waals surface area contributed by atoms with E-state index in [1.807, 2.05) is 24.3 Å². The van der Waals surface area contributed by atoms with Crippen LogP contribution in [0.2, 0.25) is 0 Å². The number of amides is 3. The van der Waals surface area contributed by atoms with Crippen LogP contribution < -0.4 is 20.7 Å². The molecule has 0 unspecified atom stereocenters. The standard InChI is InChI=1S/C23H29N5O3S2/c1-13(32-22-28-27-21(33-22)24-17-5-3-4-6-18(17)31-2)19(29)25-20(30)26-23-10-14-7-15(11-23)9-16(8-14)12-23/h3-6,13-16H,7-12H2,1-2H3,(H,24,27)(H2,25,26,29,30)/t13-,14?,15?,16?,23?/m0/s1. The number of hydrogen-bond donors (Lipinski definition) is 3. The third kappa shape index (κ3) is 4.96. The highest BCUT2D eigenvalue weighted by atomic mass is 32.2. The summed E-state index contributed by atoms with van der Waals surface area (Å²) in [6.45, 7) is 1.77. The van der Waals surface area contributed by atoms with Crippen LogP contribution in [0.25, 0.3) is 0 Å². The molecule has 33 heavy (non-hydrogen) atoms. The van der Waals surface area contributed by atoms with Crippen molar-refractivity contribution in [2.24, 2.45) is 17.8 Å². The highest BCUT2D eigenvalue weighted by Gasteiger charge is 2.51. The lowest BCUT2D eigenvalue weighted by Gasteiger charge is -2.56. The van der Waals surface area contributed by atoms with Crippen molar-refractivity contribution in [3.8, 4) is 5.75 Å². The molecular formula is C23H29N5O3S2. The maximum absolute atomic E-state index is 12.7. The molecule has 1 atom stereocenters. The molecule has 0 spiro atoms. The Kier molecular flexibility index (Phi) is 6.22. The van der Waals surface area contributed by atoms with Gasteiger partial charge >= 0.3 is 6.03 Å². The number of nitrogens with zero attached hydrogens (tertiary/aromatic N) is 2. The summed E-state index contributed by atoms with van der Waals surface area (Å²) in [5, 5.41) is 17.4. The lowest BCUT2D eigenvalue weighted by molar-refractivity contribution is -0.119. The first kappa shape index (κ1) is 22.5. The molecule has 1 aromatic heterocycles. The van der Waals surface area contributed by atoms with Gasteiger partial charge in [-0.15, -0.1) is 10.2 Å². The summed E-state index contributed by atoms with van der Waals surface area (Å²) in [7, 11) is 1.61. The SMILES string of the molecule is COc1ccccc1Nc1nnc(S[C@@H](C)C(=O)NC(=O)NC23CC4CC(CC(C4)C2)C3)s1. The lowest BCUT2D eigenvalue weighted by atomic mass is 9.53. The van der Waals surface area contributed by atoms with Gasteiger partial charge in [0.1, 0.15) is 5.75 Å². The van der Waals surface area contributed by atoms with Crippen molar-refractivity contribution in [1.29, 1.82) is 0 Å². The van der Waals surface area contributed by atoms with Crippen LogP contribution in [0.4, 0.5) is 15.6 Å². The number of methoxy groups -OCH3 is 1. The second-order valence-corrected chi connectivity index (χ2v) is 12.2. The Balaban J connectivity index is 1.13. The number of hydrogen-bond acceptors (Lipinski definition) is 8. The summed E-state index contributed by atoms with van der Waals surface area (Å²) in [4.78, 5) is 25.3. The van der Waals surface area contributed by atoms with Crippen molar-refractivity contribution < 1.29 is 14.3 Å². The molecule has 8 nitrogen and oxygen atoms in total. The number of rotatable bonds is 7. The van der Waals surface area contributed by atoms with Crippen LogP contribution in [0.1, 0.15) is 45.4 Å². The number of anilines is 2. The molecule has 0 aliphatic heterocycles. The van der Waals surface area contributed by atoms with Gasteiger partial charge in [0.2, 0.25) is 11.0 Å². The molecule has 4 saturated carbocycles. The third-order valence-corrected chi connectivity index (χ3v) is 9.08. The van der Waals surface area contributed by atoms with Gasteiger partial charge in [0.05, 0.1) is 18.0 Å². The number of benzene rings is 1. The molecule has 1 aromatic carbocycles. The average molecular weight is 488 g/mol. The Morgan fingerprint density at radius 1 is 1.12 bits per heavy atom. The molecule has 4 fully saturated rings. The molecule has 4 aliphatic rings. The molecule has 0 saturated heterocycles. The van der Waals surface area contributed by atoms with E-state index < -0.39 is 5.25 Å². The average Bonchev–Trinajstić information content (AvgIpc) is 3.19. The van der Waals surface area contributed by atoms with E-state index in [1.165, 1.54) is 42.4 Å². The maximum Gasteiger partial charge on any atom is 0.321 e. The highest BCUT2D eigenvalue weighted by molar-refractivity contribution is 8.02. The predicted octanol–water partition coefficient (Wildman–Crippen LogP) is 4.57. The molecule has 0 radical (unpaired) electrons. The zero-order chi connectivity index (χ0) is 23.0. The second-order valence-electron chi connectivity index (χ2n) is 9.60. The lowest BCUT2D eigenvalue weighted by Crippen LogP contribution is -2.62. The summed E-state index contributed by atoms with van der Waals surface area (Å²) >= 11 is 2.64. The minimum absolute atomic E-state index is 0.117. The van der Waals surface area contributed by atoms with Crippen molar-refractivity contribution in [3.63, 3.8) is 0 Å². The molecule has 3 N–H and O–H groups in total. The van der Waals surface area contributed by atoms with Crippen molar-refractivity contribution in [3.05, 3.63) is 24.3 Å². The molecule has 4 aliphatic carbocycles. The molecule has 10 heteroatoms. The van der Waals surface area contributed by atoms with E-state index in [1.54, 1.807) is 14.0 Å². The van der Waals surface area contributed by atoms with Crippen molar-refractivity contribution in [1.82, 2.24) is 20.8 Å². The van der Waals surface area contributed by atoms with Gasteiger partial charge in [-0.1, -0.05) is 35.2 Å². The molecule has 1 heterocycles. The normalized spacial score (nSPS) is 28.2. The van der Waals surface area contributed by atoms with E-state index in [0.717, 1.165) is 42.7 Å². The fourth-order valence-electron chi connectivity index (χ4n) is 6.13. The summed E-state index contributed by atoms with van der Waals surface area (Å²) in [5.41, 5.74) is 0.674. The first-order chi connectivity index (χ1) is 15.9. The second kappa shape index (κ2) is 9.13. The number of para-hydroxylation sites is 2. The Morgan fingerprint density at radius 3 is 2.45 bits per heavy atom.